The molecule has 142 valence electrons. The van der Waals surface area contributed by atoms with Gasteiger partial charge in [0.2, 0.25) is 0 Å². The normalized spacial score (nSPS) is 17.4. The molecule has 0 bridgehead atoms. The summed E-state index contributed by atoms with van der Waals surface area (Å²) in [6.07, 6.45) is 1.91. The predicted octanol–water partition coefficient (Wildman–Crippen LogP) is 5.09. The molecule has 1 amide bonds. The first-order valence-corrected chi connectivity index (χ1v) is 10.5. The van der Waals surface area contributed by atoms with Crippen LogP contribution >= 0.6 is 22.9 Å². The molecule has 3 heterocycles. The van der Waals surface area contributed by atoms with Crippen molar-refractivity contribution in [1.29, 1.82) is 0 Å². The zero-order valence-corrected chi connectivity index (χ0v) is 17.3. The molecule has 0 spiro atoms. The quantitative estimate of drug-likeness (QED) is 0.610. The zero-order valence-electron chi connectivity index (χ0n) is 15.8. The Morgan fingerprint density at radius 2 is 2.15 bits per heavy atom. The average Bonchev–Trinajstić information content (AvgIpc) is 3.32. The highest BCUT2D eigenvalue weighted by Crippen LogP contribution is 2.38. The molecule has 1 saturated heterocycles. The molecular weight excluding hydrogens is 380 g/mol. The molecule has 1 aliphatic heterocycles. The Bertz CT molecular complexity index is 960. The van der Waals surface area contributed by atoms with Crippen molar-refractivity contribution in [2.24, 2.45) is 5.92 Å². The van der Waals surface area contributed by atoms with E-state index >= 15 is 0 Å². The number of thiazole rings is 1. The van der Waals surface area contributed by atoms with Crippen LogP contribution in [0.25, 0.3) is 10.2 Å². The molecule has 27 heavy (non-hydrogen) atoms. The van der Waals surface area contributed by atoms with Gasteiger partial charge in [-0.15, -0.1) is 11.3 Å². The number of amides is 1. The highest BCUT2D eigenvalue weighted by atomic mass is 35.5. The number of hydrogen-bond donors (Lipinski definition) is 0. The average molecular weight is 403 g/mol. The van der Waals surface area contributed by atoms with Gasteiger partial charge in [0.25, 0.3) is 5.91 Å². The molecule has 1 aliphatic rings. The van der Waals surface area contributed by atoms with Gasteiger partial charge in [0.1, 0.15) is 10.2 Å². The summed E-state index contributed by atoms with van der Waals surface area (Å²) in [6, 6.07) is 8.13. The van der Waals surface area contributed by atoms with Gasteiger partial charge < -0.3 is 4.90 Å². The number of hydrogen-bond acceptors (Lipinski definition) is 4. The van der Waals surface area contributed by atoms with Crippen LogP contribution in [0.2, 0.25) is 5.15 Å². The summed E-state index contributed by atoms with van der Waals surface area (Å²) < 4.78 is 2.91. The number of carbonyl (C=O) groups excluding carboxylic acids is 1. The first-order chi connectivity index (χ1) is 13.0. The minimum atomic E-state index is -0.0331. The van der Waals surface area contributed by atoms with Gasteiger partial charge >= 0.3 is 0 Å². The number of aromatic nitrogens is 3. The van der Waals surface area contributed by atoms with Crippen LogP contribution in [0, 0.1) is 12.8 Å². The van der Waals surface area contributed by atoms with Crippen LogP contribution in [0.15, 0.2) is 24.3 Å². The second kappa shape index (κ2) is 7.24. The highest BCUT2D eigenvalue weighted by molar-refractivity contribution is 7.18. The number of carbonyl (C=O) groups is 1. The third kappa shape index (κ3) is 3.36. The lowest BCUT2D eigenvalue weighted by Crippen LogP contribution is -2.31. The van der Waals surface area contributed by atoms with Crippen molar-refractivity contribution in [2.45, 2.75) is 46.2 Å². The molecular formula is C20H23ClN4OS. The van der Waals surface area contributed by atoms with E-state index in [9.17, 15) is 4.79 Å². The lowest BCUT2D eigenvalue weighted by atomic mass is 10.2. The summed E-state index contributed by atoms with van der Waals surface area (Å²) in [6.45, 7) is 7.51. The van der Waals surface area contributed by atoms with Crippen LogP contribution in [0.3, 0.4) is 0 Å². The summed E-state index contributed by atoms with van der Waals surface area (Å²) in [5.74, 6) is 0.376. The monoisotopic (exact) mass is 402 g/mol. The Kier molecular flexibility index (Phi) is 4.95. The van der Waals surface area contributed by atoms with E-state index in [1.165, 1.54) is 0 Å². The summed E-state index contributed by atoms with van der Waals surface area (Å²) in [5.41, 5.74) is 2.22. The fourth-order valence-corrected chi connectivity index (χ4v) is 5.15. The largest absolute Gasteiger partial charge is 0.329 e. The molecule has 4 rings (SSSR count). The van der Waals surface area contributed by atoms with Gasteiger partial charge in [0, 0.05) is 13.1 Å². The molecule has 7 heteroatoms. The van der Waals surface area contributed by atoms with Crippen molar-refractivity contribution < 1.29 is 4.79 Å². The van der Waals surface area contributed by atoms with E-state index in [2.05, 4.69) is 25.0 Å². The maximum Gasteiger partial charge on any atom is 0.259 e. The molecule has 0 N–H and O–H groups in total. The Morgan fingerprint density at radius 1 is 1.37 bits per heavy atom. The van der Waals surface area contributed by atoms with E-state index in [0.717, 1.165) is 34.6 Å². The second-order valence-electron chi connectivity index (χ2n) is 7.50. The second-order valence-corrected chi connectivity index (χ2v) is 8.92. The first-order valence-electron chi connectivity index (χ1n) is 9.35. The Morgan fingerprint density at radius 3 is 2.89 bits per heavy atom. The molecule has 3 aromatic rings. The number of halogens is 1. The van der Waals surface area contributed by atoms with Gasteiger partial charge in [0.05, 0.1) is 27.5 Å². The topological polar surface area (TPSA) is 51.0 Å². The van der Waals surface area contributed by atoms with Crippen molar-refractivity contribution in [3.63, 3.8) is 0 Å². The summed E-state index contributed by atoms with van der Waals surface area (Å²) in [7, 11) is 0. The number of nitrogens with zero attached hydrogens (tertiary/aromatic N) is 4. The van der Waals surface area contributed by atoms with Gasteiger partial charge in [0.15, 0.2) is 0 Å². The summed E-state index contributed by atoms with van der Waals surface area (Å²) in [5, 5.41) is 5.95. The molecule has 0 unspecified atom stereocenters. The molecule has 5 nitrogen and oxygen atoms in total. The van der Waals surface area contributed by atoms with Crippen LogP contribution in [0.5, 0.6) is 0 Å². The van der Waals surface area contributed by atoms with E-state index in [1.54, 1.807) is 16.0 Å². The van der Waals surface area contributed by atoms with Gasteiger partial charge in [-0.25, -0.2) is 4.98 Å². The van der Waals surface area contributed by atoms with E-state index in [-0.39, 0.29) is 11.9 Å². The number of rotatable bonds is 4. The standard InChI is InChI=1S/C20H23ClN4OS/c1-12(2)11-25-18(21)17(13(3)23-25)20(26)24-10-6-8-15(24)19-22-14-7-4-5-9-16(14)27-19/h4-5,7,9,12,15H,6,8,10-11H2,1-3H3/t15-/m1/s1. The molecule has 0 radical (unpaired) electrons. The molecule has 2 aromatic heterocycles. The van der Waals surface area contributed by atoms with Crippen molar-refractivity contribution in [3.8, 4) is 0 Å². The predicted molar refractivity (Wildman–Crippen MR) is 109 cm³/mol. The number of likely N-dealkylation sites (tertiary alicyclic amines) is 1. The minimum absolute atomic E-state index is 0.0128. The van der Waals surface area contributed by atoms with E-state index in [1.807, 2.05) is 30.0 Å². The molecule has 1 fully saturated rings. The molecule has 0 saturated carbocycles. The molecule has 0 aliphatic carbocycles. The van der Waals surface area contributed by atoms with Crippen molar-refractivity contribution >= 4 is 39.1 Å². The summed E-state index contributed by atoms with van der Waals surface area (Å²) >= 11 is 8.22. The SMILES string of the molecule is Cc1nn(CC(C)C)c(Cl)c1C(=O)N1CCC[C@@H]1c1nc2ccccc2s1. The fourth-order valence-electron chi connectivity index (χ4n) is 3.71. The number of benzene rings is 1. The van der Waals surface area contributed by atoms with Crippen molar-refractivity contribution in [2.75, 3.05) is 6.54 Å². The lowest BCUT2D eigenvalue weighted by Gasteiger charge is -2.23. The van der Waals surface area contributed by atoms with E-state index in [4.69, 9.17) is 16.6 Å². The van der Waals surface area contributed by atoms with Gasteiger partial charge in [-0.1, -0.05) is 37.6 Å². The Labute approximate surface area is 168 Å². The first kappa shape index (κ1) is 18.4. The highest BCUT2D eigenvalue weighted by Gasteiger charge is 2.35. The third-order valence-corrected chi connectivity index (χ3v) is 6.45. The van der Waals surface area contributed by atoms with Gasteiger partial charge in [-0.05, 0) is 37.8 Å². The zero-order chi connectivity index (χ0) is 19.1. The van der Waals surface area contributed by atoms with Crippen molar-refractivity contribution in [3.05, 3.63) is 45.7 Å². The van der Waals surface area contributed by atoms with E-state index < -0.39 is 0 Å². The number of aryl methyl sites for hydroxylation is 1. The third-order valence-electron chi connectivity index (χ3n) is 4.93. The van der Waals surface area contributed by atoms with E-state index in [0.29, 0.717) is 28.9 Å². The minimum Gasteiger partial charge on any atom is -0.329 e. The van der Waals surface area contributed by atoms with Crippen LogP contribution in [0.1, 0.15) is 53.8 Å². The number of fused-ring (bicyclic) bond motifs is 1. The van der Waals surface area contributed by atoms with Gasteiger partial charge in [-0.3, -0.25) is 9.48 Å². The summed E-state index contributed by atoms with van der Waals surface area (Å²) in [4.78, 5) is 20.1. The maximum atomic E-state index is 13.4. The van der Waals surface area contributed by atoms with Crippen LogP contribution in [-0.4, -0.2) is 32.1 Å². The van der Waals surface area contributed by atoms with Crippen LogP contribution in [-0.2, 0) is 6.54 Å². The molecule has 1 aromatic carbocycles. The lowest BCUT2D eigenvalue weighted by molar-refractivity contribution is 0.0735. The molecule has 1 atom stereocenters. The van der Waals surface area contributed by atoms with Gasteiger partial charge in [-0.2, -0.15) is 5.10 Å². The Hall–Kier alpha value is -1.92. The van der Waals surface area contributed by atoms with Crippen molar-refractivity contribution in [1.82, 2.24) is 19.7 Å². The van der Waals surface area contributed by atoms with Crippen LogP contribution < -0.4 is 0 Å². The smallest absolute Gasteiger partial charge is 0.259 e. The van der Waals surface area contributed by atoms with Crippen LogP contribution in [0.4, 0.5) is 0 Å². The number of para-hydroxylation sites is 1. The maximum absolute atomic E-state index is 13.4. The Balaban J connectivity index is 1.66. The fraction of sp³-hybridized carbons (Fsp3) is 0.450.